The number of aliphatic hydroxyl groups excluding tert-OH is 3. The average molecular weight is 816 g/mol. The molecule has 1 aliphatic heterocycles. The third-order valence-corrected chi connectivity index (χ3v) is 9.44. The molecule has 2 aliphatic rings. The van der Waals surface area contributed by atoms with Crippen molar-refractivity contribution in [1.29, 1.82) is 0 Å². The number of aliphatic carboxylic acids is 1. The van der Waals surface area contributed by atoms with E-state index >= 15 is 0 Å². The number of carbonyl (C=O) groups is 7. The monoisotopic (exact) mass is 814 g/mol. The van der Waals surface area contributed by atoms with E-state index in [1.165, 1.54) is 6.92 Å². The summed E-state index contributed by atoms with van der Waals surface area (Å²) in [5, 5.41) is 61.0. The van der Waals surface area contributed by atoms with Crippen molar-refractivity contribution >= 4 is 76.1 Å². The van der Waals surface area contributed by atoms with Crippen molar-refractivity contribution in [2.75, 3.05) is 6.54 Å². The molecule has 0 bridgehead atoms. The fourth-order valence-corrected chi connectivity index (χ4v) is 5.74. The predicted octanol–water partition coefficient (Wildman–Crippen LogP) is -2.52. The first-order chi connectivity index (χ1) is 24.7. The SMILES string of the molecule is CC(C[C@H](NC(=O)C(O)O)C(=O)N[C@H](C(=O)N[C@@H]1C(=O)N/C(=C/Cl)C(=O)N[C@H](C(=O)O)CC2=C(CC(O)C2=O)O[C@@H]1C(C)C)[C@H](O)CCCN)C(Cl)Cl. The van der Waals surface area contributed by atoms with Crippen LogP contribution >= 0.6 is 34.8 Å². The normalized spacial score (nSPS) is 24.3. The van der Waals surface area contributed by atoms with Crippen molar-refractivity contribution in [3.8, 4) is 0 Å². The average Bonchev–Trinajstić information content (AvgIpc) is 3.34. The third-order valence-electron chi connectivity index (χ3n) is 8.36. The first-order valence-corrected chi connectivity index (χ1v) is 17.7. The van der Waals surface area contributed by atoms with E-state index in [1.807, 2.05) is 0 Å². The number of nitrogens with two attached hydrogens (primary N) is 1. The molecule has 0 saturated heterocycles. The van der Waals surface area contributed by atoms with Crippen molar-refractivity contribution in [3.63, 3.8) is 0 Å². The van der Waals surface area contributed by atoms with Crippen LogP contribution in [0.4, 0.5) is 0 Å². The van der Waals surface area contributed by atoms with E-state index in [4.69, 9.17) is 45.3 Å². The largest absolute Gasteiger partial charge is 0.491 e. The molecule has 0 aromatic heterocycles. The fourth-order valence-electron chi connectivity index (χ4n) is 5.38. The van der Waals surface area contributed by atoms with Crippen LogP contribution in [-0.2, 0) is 38.3 Å². The van der Waals surface area contributed by atoms with E-state index in [2.05, 4.69) is 26.6 Å². The molecule has 8 atom stereocenters. The molecule has 53 heavy (non-hydrogen) atoms. The zero-order valence-corrected chi connectivity index (χ0v) is 31.2. The summed E-state index contributed by atoms with van der Waals surface area (Å²) in [5.74, 6) is -10.0. The predicted molar refractivity (Wildman–Crippen MR) is 186 cm³/mol. The second-order valence-electron chi connectivity index (χ2n) is 12.8. The van der Waals surface area contributed by atoms with Gasteiger partial charge in [-0.15, -0.1) is 23.2 Å². The Morgan fingerprint density at radius 2 is 1.66 bits per heavy atom. The van der Waals surface area contributed by atoms with E-state index in [0.29, 0.717) is 5.54 Å². The standard InChI is InChI=1S/C31H45Cl3N6O13/c1-11(2)23-21(28(47)38-16(10-32)26(45)37-15(30(49)50)8-13-19(53-23)9-18(42)22(13)43)40-27(46)20(17(41)5-4-6-35)39-25(44)14(7-12(3)24(33)34)36-29(48)31(51)52/h10-12,14-15,17-18,20-21,23-24,31,41-42,51-52H,4-9,35H2,1-3H3,(H,36,48)(H,37,45)(H,38,47)(H,39,44)(H,40,46)(H,49,50)/b16-10+/t12?,14-,15-,17+,18?,20-,21-,23+/m0/s1. The zero-order valence-electron chi connectivity index (χ0n) is 28.9. The molecule has 0 aromatic carbocycles. The van der Waals surface area contributed by atoms with Gasteiger partial charge in [-0.05, 0) is 37.6 Å². The van der Waals surface area contributed by atoms with Gasteiger partial charge in [-0.2, -0.15) is 0 Å². The smallest absolute Gasteiger partial charge is 0.326 e. The topological polar surface area (TPSA) is 316 Å². The van der Waals surface area contributed by atoms with Gasteiger partial charge in [-0.1, -0.05) is 32.4 Å². The van der Waals surface area contributed by atoms with Crippen LogP contribution in [0, 0.1) is 11.8 Å². The van der Waals surface area contributed by atoms with Gasteiger partial charge in [0.25, 0.3) is 17.7 Å². The molecule has 2 rings (SSSR count). The molecule has 0 saturated carbocycles. The number of carbonyl (C=O) groups excluding carboxylic acids is 6. The number of aliphatic hydroxyl groups is 4. The summed E-state index contributed by atoms with van der Waals surface area (Å²) in [6, 6.07) is -6.97. The van der Waals surface area contributed by atoms with Crippen molar-refractivity contribution < 1.29 is 63.8 Å². The Morgan fingerprint density at radius 1 is 1.02 bits per heavy atom. The van der Waals surface area contributed by atoms with E-state index in [-0.39, 0.29) is 37.1 Å². The highest BCUT2D eigenvalue weighted by molar-refractivity contribution is 6.44. The number of carboxylic acid groups (broad SMARTS) is 1. The van der Waals surface area contributed by atoms with Gasteiger partial charge in [0, 0.05) is 23.9 Å². The fraction of sp³-hybridized carbons (Fsp3) is 0.645. The van der Waals surface area contributed by atoms with Crippen molar-refractivity contribution in [2.24, 2.45) is 17.6 Å². The van der Waals surface area contributed by atoms with Crippen LogP contribution in [0.25, 0.3) is 0 Å². The molecular weight excluding hydrogens is 771 g/mol. The molecule has 0 aromatic rings. The van der Waals surface area contributed by atoms with Gasteiger partial charge in [0.1, 0.15) is 52.7 Å². The summed E-state index contributed by atoms with van der Waals surface area (Å²) in [5.41, 5.74) is 5.26. The molecule has 22 heteroatoms. The molecule has 0 radical (unpaired) electrons. The first kappa shape index (κ1) is 45.6. The lowest BCUT2D eigenvalue weighted by molar-refractivity contribution is -0.150. The second kappa shape index (κ2) is 20.8. The van der Waals surface area contributed by atoms with Crippen LogP contribution in [0.2, 0.25) is 0 Å². The number of halogens is 3. The Kier molecular flexibility index (Phi) is 17.9. The number of rotatable bonds is 15. The number of nitrogens with one attached hydrogen (secondary N) is 5. The Morgan fingerprint density at radius 3 is 2.19 bits per heavy atom. The van der Waals surface area contributed by atoms with Gasteiger partial charge < -0.3 is 62.6 Å². The van der Waals surface area contributed by atoms with Gasteiger partial charge >= 0.3 is 5.97 Å². The van der Waals surface area contributed by atoms with Crippen molar-refractivity contribution in [3.05, 3.63) is 22.6 Å². The number of ether oxygens (including phenoxy) is 1. The third kappa shape index (κ3) is 12.8. The summed E-state index contributed by atoms with van der Waals surface area (Å²) < 4.78 is 6.09. The number of hydrogen-bond acceptors (Lipinski definition) is 13. The van der Waals surface area contributed by atoms with Crippen LogP contribution in [0.15, 0.2) is 22.6 Å². The quantitative estimate of drug-likeness (QED) is 0.0462. The van der Waals surface area contributed by atoms with E-state index in [1.54, 1.807) is 13.8 Å². The van der Waals surface area contributed by atoms with Gasteiger partial charge in [0.05, 0.1) is 6.10 Å². The highest BCUT2D eigenvalue weighted by atomic mass is 35.5. The molecule has 19 nitrogen and oxygen atoms in total. The Labute approximate surface area is 319 Å². The summed E-state index contributed by atoms with van der Waals surface area (Å²) in [7, 11) is 0. The number of alkyl halides is 2. The maximum atomic E-state index is 14.0. The Bertz CT molecular complexity index is 1460. The number of carboxylic acids is 1. The molecule has 1 heterocycles. The minimum Gasteiger partial charge on any atom is -0.491 e. The molecule has 12 N–H and O–H groups in total. The van der Waals surface area contributed by atoms with Crippen LogP contribution in [0.1, 0.15) is 52.9 Å². The lowest BCUT2D eigenvalue weighted by Crippen LogP contribution is -2.63. The first-order valence-electron chi connectivity index (χ1n) is 16.4. The molecule has 298 valence electrons. The van der Waals surface area contributed by atoms with Gasteiger partial charge in [0.2, 0.25) is 18.1 Å². The van der Waals surface area contributed by atoms with Gasteiger partial charge in [-0.25, -0.2) is 4.79 Å². The van der Waals surface area contributed by atoms with Crippen molar-refractivity contribution in [2.45, 2.75) is 106 Å². The maximum absolute atomic E-state index is 14.0. The molecule has 5 amide bonds. The molecule has 0 spiro atoms. The summed E-state index contributed by atoms with van der Waals surface area (Å²) in [4.78, 5) is 90.5. The van der Waals surface area contributed by atoms with E-state index in [0.717, 1.165) is 0 Å². The molecule has 1 aliphatic carbocycles. The number of ketones is 1. The molecule has 0 fully saturated rings. The molecule has 2 unspecified atom stereocenters. The second-order valence-corrected chi connectivity index (χ2v) is 14.2. The van der Waals surface area contributed by atoms with E-state index in [9.17, 15) is 59.1 Å². The highest BCUT2D eigenvalue weighted by Crippen LogP contribution is 2.31. The number of amides is 5. The lowest BCUT2D eigenvalue weighted by atomic mass is 9.96. The summed E-state index contributed by atoms with van der Waals surface area (Å²) in [6.07, 6.45) is -8.59. The minimum atomic E-state index is -2.53. The van der Waals surface area contributed by atoms with Crippen molar-refractivity contribution in [1.82, 2.24) is 26.6 Å². The summed E-state index contributed by atoms with van der Waals surface area (Å²) in [6.45, 7) is 4.69. The van der Waals surface area contributed by atoms with Gasteiger partial charge in [0.15, 0.2) is 5.78 Å². The van der Waals surface area contributed by atoms with Crippen LogP contribution < -0.4 is 32.3 Å². The lowest BCUT2D eigenvalue weighted by Gasteiger charge is -2.34. The summed E-state index contributed by atoms with van der Waals surface area (Å²) >= 11 is 17.7. The Balaban J connectivity index is 2.64. The Hall–Kier alpha value is -3.56. The highest BCUT2D eigenvalue weighted by Gasteiger charge is 2.43. The van der Waals surface area contributed by atoms with Gasteiger partial charge in [-0.3, -0.25) is 28.8 Å². The molecular formula is C31H45Cl3N6O13. The number of hydrogen-bond donors (Lipinski definition) is 11. The maximum Gasteiger partial charge on any atom is 0.326 e. The zero-order chi connectivity index (χ0) is 40.3. The number of Topliss-reactive ketones (excluding diaryl/α,β-unsaturated/α-hetero) is 1. The minimum absolute atomic E-state index is 0.0609. The van der Waals surface area contributed by atoms with E-state index < -0.39 is 125 Å². The van der Waals surface area contributed by atoms with Crippen LogP contribution in [0.5, 0.6) is 0 Å². The van der Waals surface area contributed by atoms with Crippen LogP contribution in [0.3, 0.4) is 0 Å². The van der Waals surface area contributed by atoms with Crippen LogP contribution in [-0.4, -0.2) is 127 Å².